The average Bonchev–Trinajstić information content (AvgIpc) is 3.22. The minimum atomic E-state index is -3.12. The highest BCUT2D eigenvalue weighted by atomic mass is 79.9. The molecule has 6 rings (SSSR count). The fourth-order valence-electron chi connectivity index (χ4n) is 6.46. The zero-order chi connectivity index (χ0) is 37.8. The molecule has 56 heavy (non-hydrogen) atoms. The molecule has 0 spiro atoms. The number of aryl methyl sites for hydroxylation is 3. The Balaban J connectivity index is 0.00000348. The molecule has 3 heterocycles. The predicted octanol–water partition coefficient (Wildman–Crippen LogP) is 4.80. The van der Waals surface area contributed by atoms with E-state index < -0.39 is 7.60 Å². The third-order valence-corrected chi connectivity index (χ3v) is 11.7. The zero-order valence-electron chi connectivity index (χ0n) is 32.9. The summed E-state index contributed by atoms with van der Waals surface area (Å²) < 4.78 is 28.6. The number of aromatic nitrogens is 4. The Morgan fingerprint density at radius 3 is 1.29 bits per heavy atom. The molecule has 294 valence electrons. The van der Waals surface area contributed by atoms with Crippen LogP contribution in [0.2, 0.25) is 0 Å². The van der Waals surface area contributed by atoms with Crippen LogP contribution in [0.5, 0.6) is 0 Å². The van der Waals surface area contributed by atoms with Crippen LogP contribution >= 0.6 is 7.60 Å². The first-order valence-electron chi connectivity index (χ1n) is 19.5. The summed E-state index contributed by atoms with van der Waals surface area (Å²) in [4.78, 5) is 10.2. The number of benzene rings is 3. The smallest absolute Gasteiger partial charge is 0.330 e. The van der Waals surface area contributed by atoms with Gasteiger partial charge in [-0.2, -0.15) is 0 Å². The van der Waals surface area contributed by atoms with Gasteiger partial charge in [-0.3, -0.25) is 4.57 Å². The van der Waals surface area contributed by atoms with Gasteiger partial charge in [0.15, 0.2) is 30.6 Å². The van der Waals surface area contributed by atoms with E-state index in [9.17, 15) is 4.57 Å². The molecule has 0 aliphatic carbocycles. The molecule has 0 aliphatic rings. The number of halogens is 2. The van der Waals surface area contributed by atoms with Crippen molar-refractivity contribution in [3.05, 3.63) is 133 Å². The molecule has 10 heteroatoms. The Morgan fingerprint density at radius 1 is 0.518 bits per heavy atom. The Morgan fingerprint density at radius 2 is 0.893 bits per heavy atom. The van der Waals surface area contributed by atoms with E-state index in [1.54, 1.807) is 0 Å². The van der Waals surface area contributed by atoms with Gasteiger partial charge in [-0.1, -0.05) is 99.5 Å². The lowest BCUT2D eigenvalue weighted by Crippen LogP contribution is -3.00. The second kappa shape index (κ2) is 22.2. The Kier molecular flexibility index (Phi) is 17.8. The van der Waals surface area contributed by atoms with E-state index in [-0.39, 0.29) is 34.0 Å². The zero-order valence-corrected chi connectivity index (χ0v) is 37.0. The van der Waals surface area contributed by atoms with Gasteiger partial charge in [-0.25, -0.2) is 19.1 Å². The van der Waals surface area contributed by atoms with Crippen LogP contribution in [0, 0.1) is 0 Å². The van der Waals surface area contributed by atoms with Gasteiger partial charge >= 0.3 is 7.60 Å². The number of pyridine rings is 2. The summed E-state index contributed by atoms with van der Waals surface area (Å²) in [5.41, 5.74) is 10.4. The molecule has 0 radical (unpaired) electrons. The van der Waals surface area contributed by atoms with Crippen LogP contribution in [0.15, 0.2) is 128 Å². The molecule has 0 unspecified atom stereocenters. The van der Waals surface area contributed by atoms with Crippen molar-refractivity contribution in [1.82, 2.24) is 9.97 Å². The molecule has 0 N–H and O–H groups in total. The second-order valence-electron chi connectivity index (χ2n) is 13.6. The first-order chi connectivity index (χ1) is 26.4. The summed E-state index contributed by atoms with van der Waals surface area (Å²) in [7, 11) is -3.12. The predicted molar refractivity (Wildman–Crippen MR) is 219 cm³/mol. The Hall–Kier alpha value is -3.85. The van der Waals surface area contributed by atoms with E-state index in [4.69, 9.17) is 19.0 Å². The fraction of sp³-hybridized carbons (Fsp3) is 0.304. The molecule has 0 amide bonds. The minimum Gasteiger partial charge on any atom is -1.00 e. The van der Waals surface area contributed by atoms with E-state index in [0.29, 0.717) is 31.6 Å². The van der Waals surface area contributed by atoms with Gasteiger partial charge in [0.05, 0.1) is 30.8 Å². The van der Waals surface area contributed by atoms with Crippen LogP contribution < -0.4 is 43.1 Å². The summed E-state index contributed by atoms with van der Waals surface area (Å²) in [5.74, 6) is 0.649. The summed E-state index contributed by atoms with van der Waals surface area (Å²) in [6.07, 6.45) is 14.3. The van der Waals surface area contributed by atoms with Gasteiger partial charge in [0.1, 0.15) is 13.1 Å². The van der Waals surface area contributed by atoms with Gasteiger partial charge in [0.25, 0.3) is 0 Å². The Bertz CT molecular complexity index is 2010. The highest BCUT2D eigenvalue weighted by molar-refractivity contribution is 7.53. The number of nitrogens with zero attached hydrogens (tertiary/aromatic N) is 4. The van der Waals surface area contributed by atoms with Crippen LogP contribution in [-0.4, -0.2) is 29.3 Å². The topological polar surface area (TPSA) is 69.1 Å². The van der Waals surface area contributed by atoms with Gasteiger partial charge in [0.2, 0.25) is 0 Å². The molecule has 0 saturated heterocycles. The highest BCUT2D eigenvalue weighted by Crippen LogP contribution is 2.48. The van der Waals surface area contributed by atoms with Gasteiger partial charge in [-0.15, -0.1) is 0 Å². The summed E-state index contributed by atoms with van der Waals surface area (Å²) in [6.45, 7) is 10.9. The molecular formula is C46H53Br2N4O3P. The first-order valence-corrected chi connectivity index (χ1v) is 21.2. The van der Waals surface area contributed by atoms with Crippen molar-refractivity contribution in [1.29, 1.82) is 0 Å². The molecule has 3 aromatic carbocycles. The summed E-state index contributed by atoms with van der Waals surface area (Å²) in [5, 5.41) is 0. The van der Waals surface area contributed by atoms with E-state index >= 15 is 0 Å². The Labute approximate surface area is 354 Å². The van der Waals surface area contributed by atoms with Gasteiger partial charge in [0, 0.05) is 53.8 Å². The number of hydrogen-bond acceptors (Lipinski definition) is 5. The van der Waals surface area contributed by atoms with Gasteiger partial charge in [-0.05, 0) is 54.2 Å². The highest BCUT2D eigenvalue weighted by Gasteiger charge is 2.23. The molecular weight excluding hydrogens is 847 g/mol. The molecule has 0 aliphatic heterocycles. The first kappa shape index (κ1) is 44.9. The largest absolute Gasteiger partial charge is 1.00 e. The standard InChI is InChI=1S/C46H53N4O3P.2BrH/c1-5-9-28-49-30-23-39(24-31-49)37-15-19-41(20-16-37)44-35-45(42-21-17-38(18-22-42)40-25-32-50(33-26-40)29-10-6-2)48-46(47-44)43-13-11-36(12-14-43)27-34-54(51,52-7-3)53-8-4;;/h11-26,30-33,35H,5-10,27-29,34H2,1-4H3;2*1H/q+2;;/p-2. The third kappa shape index (κ3) is 12.1. The van der Waals surface area contributed by atoms with Crippen molar-refractivity contribution < 1.29 is 56.7 Å². The van der Waals surface area contributed by atoms with Crippen LogP contribution in [0.4, 0.5) is 0 Å². The molecule has 6 aromatic rings. The average molecular weight is 901 g/mol. The van der Waals surface area contributed by atoms with Crippen LogP contribution in [0.1, 0.15) is 58.9 Å². The maximum Gasteiger partial charge on any atom is 0.330 e. The number of hydrogen-bond donors (Lipinski definition) is 0. The van der Waals surface area contributed by atoms with Crippen molar-refractivity contribution in [3.8, 4) is 56.2 Å². The van der Waals surface area contributed by atoms with E-state index in [1.165, 1.54) is 36.8 Å². The minimum absolute atomic E-state index is 0. The monoisotopic (exact) mass is 898 g/mol. The maximum atomic E-state index is 13.1. The number of unbranched alkanes of at least 4 members (excludes halogenated alkanes) is 2. The van der Waals surface area contributed by atoms with Crippen LogP contribution in [-0.2, 0) is 33.1 Å². The molecule has 7 nitrogen and oxygen atoms in total. The van der Waals surface area contributed by atoms with Crippen molar-refractivity contribution in [2.75, 3.05) is 19.4 Å². The maximum absolute atomic E-state index is 13.1. The van der Waals surface area contributed by atoms with Crippen molar-refractivity contribution >= 4 is 7.60 Å². The lowest BCUT2D eigenvalue weighted by molar-refractivity contribution is -0.697. The summed E-state index contributed by atoms with van der Waals surface area (Å²) in [6, 6.07) is 36.3. The third-order valence-electron chi connectivity index (χ3n) is 9.61. The lowest BCUT2D eigenvalue weighted by atomic mass is 10.0. The van der Waals surface area contributed by atoms with E-state index in [2.05, 4.69) is 139 Å². The normalized spacial score (nSPS) is 11.1. The second-order valence-corrected chi connectivity index (χ2v) is 15.8. The van der Waals surface area contributed by atoms with E-state index in [1.807, 2.05) is 26.0 Å². The molecule has 0 bridgehead atoms. The fourth-order valence-corrected chi connectivity index (χ4v) is 8.12. The SMILES string of the molecule is CCCC[n+]1ccc(-c2ccc(-c3cc(-c4ccc(-c5cc[n+](CCCC)cc5)cc4)nc(-c4ccc(CCP(=O)(OCC)OCC)cc4)n3)cc2)cc1.[Br-].[Br-]. The number of rotatable bonds is 18. The molecule has 3 aromatic heterocycles. The van der Waals surface area contributed by atoms with E-state index in [0.717, 1.165) is 57.9 Å². The van der Waals surface area contributed by atoms with Crippen LogP contribution in [0.25, 0.3) is 56.2 Å². The van der Waals surface area contributed by atoms with Crippen LogP contribution in [0.3, 0.4) is 0 Å². The molecule has 0 fully saturated rings. The lowest BCUT2D eigenvalue weighted by Gasteiger charge is -2.16. The van der Waals surface area contributed by atoms with Crippen molar-refractivity contribution in [2.24, 2.45) is 0 Å². The quantitative estimate of drug-likeness (QED) is 0.0917. The van der Waals surface area contributed by atoms with Crippen molar-refractivity contribution in [3.63, 3.8) is 0 Å². The van der Waals surface area contributed by atoms with Gasteiger partial charge < -0.3 is 43.0 Å². The molecule has 0 saturated carbocycles. The molecule has 0 atom stereocenters. The summed E-state index contributed by atoms with van der Waals surface area (Å²) >= 11 is 0. The van der Waals surface area contributed by atoms with Crippen molar-refractivity contribution in [2.45, 2.75) is 72.9 Å².